The summed E-state index contributed by atoms with van der Waals surface area (Å²) in [7, 11) is 0. The van der Waals surface area contributed by atoms with Gasteiger partial charge >= 0.3 is 0 Å². The average molecular weight is 431 g/mol. The lowest BCUT2D eigenvalue weighted by molar-refractivity contribution is 0.486. The lowest BCUT2D eigenvalue weighted by Crippen LogP contribution is -1.94. The molecule has 0 bridgehead atoms. The van der Waals surface area contributed by atoms with Crippen LogP contribution >= 0.6 is 23.2 Å². The molecule has 0 amide bonds. The van der Waals surface area contributed by atoms with Crippen LogP contribution in [-0.4, -0.2) is 0 Å². The van der Waals surface area contributed by atoms with Crippen molar-refractivity contribution in [3.63, 3.8) is 0 Å². The topological polar surface area (TPSA) is 18.5 Å². The van der Waals surface area contributed by atoms with Crippen molar-refractivity contribution in [2.24, 2.45) is 0 Å². The molecule has 0 aliphatic heterocycles. The van der Waals surface area contributed by atoms with Crippen LogP contribution in [0.25, 0.3) is 21.5 Å². The zero-order valence-electron chi connectivity index (χ0n) is 15.8. The van der Waals surface area contributed by atoms with Crippen molar-refractivity contribution in [2.75, 3.05) is 0 Å². The SMILES string of the molecule is Clc1cccc2c(Oc3ccccc3)c3cccc(Cl)c3c(Oc3ccccc3)c12. The van der Waals surface area contributed by atoms with Crippen molar-refractivity contribution in [3.05, 3.63) is 107 Å². The zero-order valence-corrected chi connectivity index (χ0v) is 17.3. The minimum Gasteiger partial charge on any atom is -0.456 e. The molecule has 0 saturated heterocycles. The van der Waals surface area contributed by atoms with Gasteiger partial charge in [0, 0.05) is 21.5 Å². The van der Waals surface area contributed by atoms with Gasteiger partial charge in [-0.3, -0.25) is 0 Å². The largest absolute Gasteiger partial charge is 0.456 e. The van der Waals surface area contributed by atoms with Crippen LogP contribution in [0.15, 0.2) is 97.1 Å². The summed E-state index contributed by atoms with van der Waals surface area (Å²) in [5.74, 6) is 2.74. The summed E-state index contributed by atoms with van der Waals surface area (Å²) in [6, 6.07) is 30.7. The Morgan fingerprint density at radius 1 is 0.433 bits per heavy atom. The van der Waals surface area contributed by atoms with E-state index in [1.165, 1.54) is 0 Å². The molecule has 0 saturated carbocycles. The molecular weight excluding hydrogens is 415 g/mol. The third kappa shape index (κ3) is 3.35. The van der Waals surface area contributed by atoms with Gasteiger partial charge in [-0.1, -0.05) is 83.9 Å². The summed E-state index contributed by atoms with van der Waals surface area (Å²) < 4.78 is 12.7. The Hall–Kier alpha value is -3.20. The predicted molar refractivity (Wildman–Crippen MR) is 125 cm³/mol. The first-order valence-corrected chi connectivity index (χ1v) is 10.3. The van der Waals surface area contributed by atoms with Crippen LogP contribution in [0.5, 0.6) is 23.0 Å². The molecular formula is C26H16Cl2O2. The normalized spacial score (nSPS) is 11.0. The molecule has 0 spiro atoms. The molecule has 5 aromatic carbocycles. The van der Waals surface area contributed by atoms with E-state index in [1.54, 1.807) is 0 Å². The first-order chi connectivity index (χ1) is 14.7. The summed E-state index contributed by atoms with van der Waals surface area (Å²) in [4.78, 5) is 0. The second-order valence-corrected chi connectivity index (χ2v) is 7.63. The maximum Gasteiger partial charge on any atom is 0.146 e. The van der Waals surface area contributed by atoms with Crippen LogP contribution < -0.4 is 9.47 Å². The molecule has 0 fully saturated rings. The Labute approximate surface area is 184 Å². The van der Waals surface area contributed by atoms with Gasteiger partial charge in [0.1, 0.15) is 23.0 Å². The molecule has 5 rings (SSSR count). The maximum absolute atomic E-state index is 6.68. The Bertz CT molecular complexity index is 1290. The third-order valence-electron chi connectivity index (χ3n) is 4.90. The number of rotatable bonds is 4. The number of benzene rings is 5. The highest BCUT2D eigenvalue weighted by atomic mass is 35.5. The third-order valence-corrected chi connectivity index (χ3v) is 5.53. The molecule has 0 aromatic heterocycles. The number of ether oxygens (including phenoxy) is 2. The van der Waals surface area contributed by atoms with E-state index >= 15 is 0 Å². The summed E-state index contributed by atoms with van der Waals surface area (Å²) in [6.45, 7) is 0. The van der Waals surface area contributed by atoms with Crippen molar-refractivity contribution >= 4 is 44.7 Å². The lowest BCUT2D eigenvalue weighted by Gasteiger charge is -2.19. The van der Waals surface area contributed by atoms with Gasteiger partial charge in [-0.2, -0.15) is 0 Å². The fourth-order valence-electron chi connectivity index (χ4n) is 3.58. The minimum atomic E-state index is 0.568. The van der Waals surface area contributed by atoms with Crippen LogP contribution in [0.1, 0.15) is 0 Å². The number of para-hydroxylation sites is 2. The number of hydrogen-bond donors (Lipinski definition) is 0. The van der Waals surface area contributed by atoms with Gasteiger partial charge in [0.15, 0.2) is 0 Å². The van der Waals surface area contributed by atoms with E-state index in [0.717, 1.165) is 27.3 Å². The smallest absolute Gasteiger partial charge is 0.146 e. The van der Waals surface area contributed by atoms with E-state index in [0.29, 0.717) is 27.3 Å². The van der Waals surface area contributed by atoms with Gasteiger partial charge in [0.05, 0.1) is 10.0 Å². The van der Waals surface area contributed by atoms with Crippen molar-refractivity contribution in [3.8, 4) is 23.0 Å². The van der Waals surface area contributed by atoms with Crippen LogP contribution in [0, 0.1) is 0 Å². The van der Waals surface area contributed by atoms with Gasteiger partial charge in [-0.05, 0) is 36.4 Å². The highest BCUT2D eigenvalue weighted by molar-refractivity contribution is 6.40. The van der Waals surface area contributed by atoms with Crippen LogP contribution in [0.3, 0.4) is 0 Å². The van der Waals surface area contributed by atoms with Crippen LogP contribution in [-0.2, 0) is 0 Å². The van der Waals surface area contributed by atoms with E-state index in [2.05, 4.69) is 0 Å². The molecule has 0 aliphatic carbocycles. The quantitative estimate of drug-likeness (QED) is 0.265. The molecule has 146 valence electrons. The minimum absolute atomic E-state index is 0.568. The first kappa shape index (κ1) is 18.8. The summed E-state index contributed by atoms with van der Waals surface area (Å²) >= 11 is 13.4. The highest BCUT2D eigenvalue weighted by Crippen LogP contribution is 2.49. The zero-order chi connectivity index (χ0) is 20.5. The number of fused-ring (bicyclic) bond motifs is 2. The Balaban J connectivity index is 1.86. The van der Waals surface area contributed by atoms with Crippen molar-refractivity contribution in [1.82, 2.24) is 0 Å². The number of hydrogen-bond acceptors (Lipinski definition) is 2. The number of halogens is 2. The van der Waals surface area contributed by atoms with Gasteiger partial charge in [-0.15, -0.1) is 0 Å². The van der Waals surface area contributed by atoms with E-state index in [-0.39, 0.29) is 0 Å². The molecule has 0 radical (unpaired) electrons. The second kappa shape index (κ2) is 7.91. The van der Waals surface area contributed by atoms with Crippen LogP contribution in [0.4, 0.5) is 0 Å². The average Bonchev–Trinajstić information content (AvgIpc) is 2.77. The monoisotopic (exact) mass is 430 g/mol. The molecule has 0 atom stereocenters. The van der Waals surface area contributed by atoms with Gasteiger partial charge in [0.2, 0.25) is 0 Å². The van der Waals surface area contributed by atoms with Gasteiger partial charge < -0.3 is 9.47 Å². The molecule has 0 heterocycles. The lowest BCUT2D eigenvalue weighted by atomic mass is 10.00. The second-order valence-electron chi connectivity index (χ2n) is 6.81. The molecule has 0 aliphatic rings. The van der Waals surface area contributed by atoms with E-state index < -0.39 is 0 Å². The van der Waals surface area contributed by atoms with Gasteiger partial charge in [-0.25, -0.2) is 0 Å². The van der Waals surface area contributed by atoms with Crippen molar-refractivity contribution in [2.45, 2.75) is 0 Å². The van der Waals surface area contributed by atoms with E-state index in [1.807, 2.05) is 97.1 Å². The standard InChI is InChI=1S/C26H16Cl2O2/c27-21-15-7-13-19-23(21)26(30-18-11-5-2-6-12-18)24-20(14-8-16-22(24)28)25(19)29-17-9-3-1-4-10-17/h1-16H. The van der Waals surface area contributed by atoms with E-state index in [9.17, 15) is 0 Å². The summed E-state index contributed by atoms with van der Waals surface area (Å²) in [6.07, 6.45) is 0. The molecule has 2 nitrogen and oxygen atoms in total. The molecule has 0 unspecified atom stereocenters. The van der Waals surface area contributed by atoms with Crippen LogP contribution in [0.2, 0.25) is 10.0 Å². The highest BCUT2D eigenvalue weighted by Gasteiger charge is 2.21. The summed E-state index contributed by atoms with van der Waals surface area (Å²) in [5.41, 5.74) is 0. The predicted octanol–water partition coefficient (Wildman–Crippen LogP) is 8.88. The first-order valence-electron chi connectivity index (χ1n) is 9.50. The maximum atomic E-state index is 6.68. The van der Waals surface area contributed by atoms with Crippen molar-refractivity contribution in [1.29, 1.82) is 0 Å². The molecule has 5 aromatic rings. The van der Waals surface area contributed by atoms with Gasteiger partial charge in [0.25, 0.3) is 0 Å². The fourth-order valence-corrected chi connectivity index (χ4v) is 4.10. The Kier molecular flexibility index (Phi) is 4.96. The Morgan fingerprint density at radius 2 is 0.867 bits per heavy atom. The Morgan fingerprint density at radius 3 is 1.33 bits per heavy atom. The molecule has 30 heavy (non-hydrogen) atoms. The summed E-state index contributed by atoms with van der Waals surface area (Å²) in [5, 5.41) is 4.36. The van der Waals surface area contributed by atoms with E-state index in [4.69, 9.17) is 32.7 Å². The molecule has 0 N–H and O–H groups in total. The fraction of sp³-hybridized carbons (Fsp3) is 0. The van der Waals surface area contributed by atoms with Crippen molar-refractivity contribution < 1.29 is 9.47 Å². The molecule has 4 heteroatoms.